The second-order valence-corrected chi connectivity index (χ2v) is 4.20. The molecule has 0 amide bonds. The maximum atomic E-state index is 11.8. The standard InChI is InChI=1S/C12H14N2O6/c1-2-4-12(19)9(17)7(6-15)20-10(12)14-5-3-8(16)13-11(14)18/h3,5,7,9-10,15,17,19H,6H2,1H3,(H,13,16,18)/t7-,9+,10-,12?/m1/s1/i6D2. The van der Waals surface area contributed by atoms with E-state index in [2.05, 4.69) is 11.8 Å². The van der Waals surface area contributed by atoms with Gasteiger partial charge in [-0.05, 0) is 6.92 Å². The quantitative estimate of drug-likeness (QED) is 0.446. The van der Waals surface area contributed by atoms with Gasteiger partial charge in [-0.2, -0.15) is 0 Å². The minimum atomic E-state index is -2.98. The van der Waals surface area contributed by atoms with Gasteiger partial charge >= 0.3 is 5.69 Å². The normalized spacial score (nSPS) is 34.9. The molecule has 2 heterocycles. The summed E-state index contributed by atoms with van der Waals surface area (Å²) in [5.41, 5.74) is -3.98. The van der Waals surface area contributed by atoms with Crippen molar-refractivity contribution in [2.75, 3.05) is 6.56 Å². The zero-order valence-corrected chi connectivity index (χ0v) is 10.4. The van der Waals surface area contributed by atoms with Crippen molar-refractivity contribution in [3.63, 3.8) is 0 Å². The molecular weight excluding hydrogens is 268 g/mol. The van der Waals surface area contributed by atoms with E-state index < -0.39 is 41.8 Å². The molecule has 1 aromatic heterocycles. The summed E-state index contributed by atoms with van der Waals surface area (Å²) < 4.78 is 20.4. The van der Waals surface area contributed by atoms with Gasteiger partial charge in [-0.25, -0.2) is 4.79 Å². The Morgan fingerprint density at radius 2 is 2.35 bits per heavy atom. The van der Waals surface area contributed by atoms with Gasteiger partial charge in [0.1, 0.15) is 12.2 Å². The molecule has 0 saturated carbocycles. The van der Waals surface area contributed by atoms with Gasteiger partial charge in [0.25, 0.3) is 5.56 Å². The lowest BCUT2D eigenvalue weighted by molar-refractivity contribution is -0.0765. The number of ether oxygens (including phenoxy) is 1. The zero-order chi connectivity index (χ0) is 16.7. The van der Waals surface area contributed by atoms with Crippen LogP contribution in [0.25, 0.3) is 0 Å². The van der Waals surface area contributed by atoms with Crippen molar-refractivity contribution >= 4 is 0 Å². The van der Waals surface area contributed by atoms with Gasteiger partial charge < -0.3 is 20.1 Å². The van der Waals surface area contributed by atoms with Crippen LogP contribution in [0.1, 0.15) is 15.9 Å². The van der Waals surface area contributed by atoms with Crippen molar-refractivity contribution < 1.29 is 22.8 Å². The highest BCUT2D eigenvalue weighted by atomic mass is 16.6. The molecule has 0 aliphatic carbocycles. The second-order valence-electron chi connectivity index (χ2n) is 4.20. The third kappa shape index (κ3) is 2.17. The van der Waals surface area contributed by atoms with E-state index in [0.717, 1.165) is 16.8 Å². The van der Waals surface area contributed by atoms with Gasteiger partial charge in [-0.3, -0.25) is 14.3 Å². The Bertz CT molecular complexity index is 743. The van der Waals surface area contributed by atoms with E-state index in [1.807, 2.05) is 4.98 Å². The Kier molecular flexibility index (Phi) is 3.10. The Morgan fingerprint density at radius 1 is 1.65 bits per heavy atom. The molecule has 0 spiro atoms. The first kappa shape index (κ1) is 11.9. The van der Waals surface area contributed by atoms with Crippen molar-refractivity contribution in [3.8, 4) is 11.8 Å². The first-order valence-electron chi connectivity index (χ1n) is 6.65. The number of aliphatic hydroxyl groups excluding tert-OH is 1. The predicted octanol–water partition coefficient (Wildman–Crippen LogP) is -2.46. The third-order valence-electron chi connectivity index (χ3n) is 2.95. The van der Waals surface area contributed by atoms with Crippen molar-refractivity contribution in [1.82, 2.24) is 9.55 Å². The van der Waals surface area contributed by atoms with E-state index in [1.54, 1.807) is 0 Å². The van der Waals surface area contributed by atoms with Crippen LogP contribution in [-0.2, 0) is 4.74 Å². The summed E-state index contributed by atoms with van der Waals surface area (Å²) in [6.07, 6.45) is -4.38. The Hall–Kier alpha value is -1.92. The second kappa shape index (κ2) is 5.22. The summed E-state index contributed by atoms with van der Waals surface area (Å²) in [6.45, 7) is -1.62. The molecule has 8 nitrogen and oxygen atoms in total. The van der Waals surface area contributed by atoms with Gasteiger partial charge in [0.05, 0.1) is 9.30 Å². The molecule has 1 fully saturated rings. The van der Waals surface area contributed by atoms with E-state index in [4.69, 9.17) is 7.48 Å². The number of nitrogens with one attached hydrogen (secondary N) is 1. The molecular formula is C12H14N2O6. The first-order chi connectivity index (χ1) is 10.1. The Morgan fingerprint density at radius 3 is 2.90 bits per heavy atom. The van der Waals surface area contributed by atoms with Crippen LogP contribution in [0, 0.1) is 11.8 Å². The van der Waals surface area contributed by atoms with E-state index >= 15 is 0 Å². The molecule has 0 radical (unpaired) electrons. The largest absolute Gasteiger partial charge is 0.394 e. The van der Waals surface area contributed by atoms with Crippen LogP contribution in [0.15, 0.2) is 21.9 Å². The highest BCUT2D eigenvalue weighted by Crippen LogP contribution is 2.37. The molecule has 1 unspecified atom stereocenters. The average molecular weight is 284 g/mol. The summed E-state index contributed by atoms with van der Waals surface area (Å²) in [6, 6.07) is 0.984. The minimum Gasteiger partial charge on any atom is -0.394 e. The summed E-state index contributed by atoms with van der Waals surface area (Å²) in [4.78, 5) is 24.8. The average Bonchev–Trinajstić information content (AvgIpc) is 2.63. The highest BCUT2D eigenvalue weighted by Gasteiger charge is 2.55. The molecule has 1 saturated heterocycles. The molecule has 1 aliphatic heterocycles. The maximum Gasteiger partial charge on any atom is 0.330 e. The van der Waals surface area contributed by atoms with Crippen LogP contribution < -0.4 is 11.2 Å². The topological polar surface area (TPSA) is 125 Å². The summed E-state index contributed by atoms with van der Waals surface area (Å²) in [5, 5.41) is 30.0. The van der Waals surface area contributed by atoms with Crippen molar-refractivity contribution in [2.24, 2.45) is 0 Å². The lowest BCUT2D eigenvalue weighted by Crippen LogP contribution is -2.48. The van der Waals surface area contributed by atoms with E-state index in [1.165, 1.54) is 6.92 Å². The lowest BCUT2D eigenvalue weighted by atomic mass is 9.94. The molecule has 4 atom stereocenters. The number of H-pyrrole nitrogens is 1. The van der Waals surface area contributed by atoms with Gasteiger partial charge in [0.2, 0.25) is 0 Å². The Balaban J connectivity index is 2.59. The number of hydrogen-bond donors (Lipinski definition) is 4. The van der Waals surface area contributed by atoms with Crippen LogP contribution in [0.5, 0.6) is 0 Å². The fourth-order valence-electron chi connectivity index (χ4n) is 2.02. The SMILES string of the molecule is [2H]C([2H])(O)[C@H]1O[C@@H](n2ccc(=O)[nH]c2=O)C(O)(C#CC)[C@H]1O. The predicted molar refractivity (Wildman–Crippen MR) is 66.7 cm³/mol. The molecule has 4 N–H and O–H groups in total. The maximum absolute atomic E-state index is 11.8. The van der Waals surface area contributed by atoms with Crippen molar-refractivity contribution in [1.29, 1.82) is 0 Å². The lowest BCUT2D eigenvalue weighted by Gasteiger charge is -2.26. The fraction of sp³-hybridized carbons (Fsp3) is 0.500. The number of hydrogen-bond acceptors (Lipinski definition) is 6. The van der Waals surface area contributed by atoms with Gasteiger partial charge in [-0.1, -0.05) is 5.92 Å². The van der Waals surface area contributed by atoms with Crippen molar-refractivity contribution in [2.45, 2.75) is 31.0 Å². The molecule has 2 rings (SSSR count). The highest BCUT2D eigenvalue weighted by molar-refractivity contribution is 5.22. The molecule has 0 aromatic carbocycles. The van der Waals surface area contributed by atoms with Crippen molar-refractivity contribution in [3.05, 3.63) is 33.1 Å². The van der Waals surface area contributed by atoms with Gasteiger partial charge in [-0.15, -0.1) is 5.92 Å². The minimum absolute atomic E-state index is 0.682. The monoisotopic (exact) mass is 284 g/mol. The zero-order valence-electron chi connectivity index (χ0n) is 12.4. The molecule has 0 bridgehead atoms. The summed E-state index contributed by atoms with van der Waals surface area (Å²) >= 11 is 0. The smallest absolute Gasteiger partial charge is 0.330 e. The number of nitrogens with zero attached hydrogens (tertiary/aromatic N) is 1. The van der Waals surface area contributed by atoms with E-state index in [0.29, 0.717) is 0 Å². The molecule has 108 valence electrons. The van der Waals surface area contributed by atoms with E-state index in [9.17, 15) is 24.9 Å². The number of aliphatic hydroxyl groups is 3. The van der Waals surface area contributed by atoms with Crippen LogP contribution in [0.2, 0.25) is 0 Å². The van der Waals surface area contributed by atoms with Crippen LogP contribution in [0.4, 0.5) is 0 Å². The summed E-state index contributed by atoms with van der Waals surface area (Å²) in [5.74, 6) is 4.62. The molecule has 8 heteroatoms. The molecule has 1 aromatic rings. The molecule has 20 heavy (non-hydrogen) atoms. The van der Waals surface area contributed by atoms with Crippen LogP contribution >= 0.6 is 0 Å². The number of aromatic amines is 1. The third-order valence-corrected chi connectivity index (χ3v) is 2.95. The number of aromatic nitrogens is 2. The fourth-order valence-corrected chi connectivity index (χ4v) is 2.02. The van der Waals surface area contributed by atoms with Crippen LogP contribution in [-0.4, -0.2) is 49.2 Å². The first-order valence-corrected chi connectivity index (χ1v) is 5.65. The summed E-state index contributed by atoms with van der Waals surface area (Å²) in [7, 11) is 0. The van der Waals surface area contributed by atoms with E-state index in [-0.39, 0.29) is 0 Å². The van der Waals surface area contributed by atoms with Crippen LogP contribution in [0.3, 0.4) is 0 Å². The Labute approximate surface area is 116 Å². The molecule has 1 aliphatic rings. The van der Waals surface area contributed by atoms with Gasteiger partial charge in [0.15, 0.2) is 11.8 Å². The number of rotatable bonds is 2. The van der Waals surface area contributed by atoms with Gasteiger partial charge in [0, 0.05) is 12.3 Å².